The summed E-state index contributed by atoms with van der Waals surface area (Å²) in [6.07, 6.45) is 30.3. The quantitative estimate of drug-likeness (QED) is 0.0467. The second kappa shape index (κ2) is 26.5. The molecule has 2 N–H and O–H groups in total. The van der Waals surface area contributed by atoms with E-state index >= 15 is 0 Å². The summed E-state index contributed by atoms with van der Waals surface area (Å²) in [6.45, 7) is 8.06. The van der Waals surface area contributed by atoms with E-state index in [1.54, 1.807) is 20.8 Å². The fourth-order valence-electron chi connectivity index (χ4n) is 6.22. The molecule has 0 spiro atoms. The zero-order chi connectivity index (χ0) is 32.3. The first-order valence-corrected chi connectivity index (χ1v) is 17.7. The van der Waals surface area contributed by atoms with Crippen LogP contribution in [0.3, 0.4) is 0 Å². The smallest absolute Gasteiger partial charge is 0.311 e. The largest absolute Gasteiger partial charge is 0.550 e. The Hall–Kier alpha value is -1.89. The number of carbonyl (C=O) groups is 3. The van der Waals surface area contributed by atoms with Crippen LogP contribution >= 0.6 is 0 Å². The van der Waals surface area contributed by atoms with Crippen LogP contribution in [0, 0.1) is 17.8 Å². The van der Waals surface area contributed by atoms with Crippen LogP contribution in [-0.2, 0) is 14.4 Å². The van der Waals surface area contributed by atoms with E-state index < -0.39 is 35.7 Å². The molecule has 252 valence electrons. The number of hydrogen-bond acceptors (Lipinski definition) is 4. The van der Waals surface area contributed by atoms with Crippen LogP contribution in [0.25, 0.3) is 0 Å². The predicted octanol–water partition coefficient (Wildman–Crippen LogP) is 8.01. The molecule has 3 atom stereocenters. The van der Waals surface area contributed by atoms with E-state index in [0.717, 1.165) is 12.8 Å². The fourth-order valence-corrected chi connectivity index (χ4v) is 6.22. The van der Waals surface area contributed by atoms with Crippen molar-refractivity contribution in [2.24, 2.45) is 17.8 Å². The van der Waals surface area contributed by atoms with E-state index in [1.807, 2.05) is 0 Å². The van der Waals surface area contributed by atoms with Gasteiger partial charge in [0, 0.05) is 18.3 Å². The first-order chi connectivity index (χ1) is 20.5. The standard InChI is InChI=1S/C36H67NO6/c1-5-6-7-8-9-10-11-12-13-14-15-16-17-18-19-20-21-22-23-24-25-26-27-37(28-31(2)34(38)39,29-32(3)35(40)41)30-33(4)36(42)43/h24-25,31-33H,5-23,26-30H2,1-4H3,(H2-,38,39,40,41,42,43)/b25-24+. The lowest BCUT2D eigenvalue weighted by Gasteiger charge is -2.42. The van der Waals surface area contributed by atoms with Gasteiger partial charge in [-0.2, -0.15) is 0 Å². The number of allylic oxidation sites excluding steroid dienone is 1. The van der Waals surface area contributed by atoms with E-state index in [9.17, 15) is 29.7 Å². The number of hydrogen-bond donors (Lipinski definition) is 2. The van der Waals surface area contributed by atoms with Gasteiger partial charge in [-0.1, -0.05) is 135 Å². The van der Waals surface area contributed by atoms with Crippen molar-refractivity contribution in [3.05, 3.63) is 12.2 Å². The van der Waals surface area contributed by atoms with Crippen molar-refractivity contribution >= 4 is 17.9 Å². The van der Waals surface area contributed by atoms with Crippen LogP contribution in [0.5, 0.6) is 0 Å². The Balaban J connectivity index is 4.20. The molecular formula is C36H67NO6. The molecule has 3 unspecified atom stereocenters. The Morgan fingerprint density at radius 2 is 0.884 bits per heavy atom. The SMILES string of the molecule is CCCCCCCCCCCCCCCCCCCC/C=C/CC[N+](CC(C)C(=O)[O-])(CC(C)C(=O)O)CC(C)C(=O)O. The van der Waals surface area contributed by atoms with Gasteiger partial charge in [-0.25, -0.2) is 0 Å². The summed E-state index contributed by atoms with van der Waals surface area (Å²) < 4.78 is 0.139. The van der Waals surface area contributed by atoms with Crippen molar-refractivity contribution in [3.63, 3.8) is 0 Å². The van der Waals surface area contributed by atoms with Crippen LogP contribution in [0.4, 0.5) is 0 Å². The van der Waals surface area contributed by atoms with E-state index in [-0.39, 0.29) is 24.1 Å². The van der Waals surface area contributed by atoms with Crippen LogP contribution in [0.1, 0.15) is 156 Å². The first-order valence-electron chi connectivity index (χ1n) is 17.7. The molecule has 0 fully saturated rings. The van der Waals surface area contributed by atoms with Gasteiger partial charge < -0.3 is 24.6 Å². The molecule has 0 saturated heterocycles. The number of carboxylic acids is 3. The van der Waals surface area contributed by atoms with Crippen LogP contribution in [0.15, 0.2) is 12.2 Å². The number of nitrogens with zero attached hydrogens (tertiary/aromatic N) is 1. The molecule has 0 bridgehead atoms. The average Bonchev–Trinajstić information content (AvgIpc) is 2.95. The lowest BCUT2D eigenvalue weighted by atomic mass is 10.0. The molecule has 43 heavy (non-hydrogen) atoms. The highest BCUT2D eigenvalue weighted by Crippen LogP contribution is 2.21. The maximum absolute atomic E-state index is 11.6. The Bertz CT molecular complexity index is 697. The van der Waals surface area contributed by atoms with E-state index in [1.165, 1.54) is 109 Å². The number of unbranched alkanes of at least 4 members (excludes halogenated alkanes) is 18. The molecule has 0 aromatic rings. The molecule has 0 heterocycles. The van der Waals surface area contributed by atoms with Crippen LogP contribution in [0.2, 0.25) is 0 Å². The third-order valence-corrected chi connectivity index (χ3v) is 8.89. The Labute approximate surface area is 264 Å². The van der Waals surface area contributed by atoms with Crippen LogP contribution < -0.4 is 5.11 Å². The van der Waals surface area contributed by atoms with E-state index in [2.05, 4.69) is 19.1 Å². The van der Waals surface area contributed by atoms with Crippen LogP contribution in [-0.4, -0.2) is 58.8 Å². The maximum Gasteiger partial charge on any atom is 0.311 e. The molecule has 7 heteroatoms. The second-order valence-electron chi connectivity index (χ2n) is 13.4. The summed E-state index contributed by atoms with van der Waals surface area (Å²) in [6, 6.07) is 0. The summed E-state index contributed by atoms with van der Waals surface area (Å²) in [5.41, 5.74) is 0. The monoisotopic (exact) mass is 609 g/mol. The first kappa shape index (κ1) is 41.1. The second-order valence-corrected chi connectivity index (χ2v) is 13.4. The van der Waals surface area contributed by atoms with Gasteiger partial charge in [0.05, 0.1) is 26.2 Å². The summed E-state index contributed by atoms with van der Waals surface area (Å²) in [4.78, 5) is 34.8. The fraction of sp³-hybridized carbons (Fsp3) is 0.861. The molecule has 0 radical (unpaired) electrons. The number of quaternary nitrogens is 1. The molecule has 7 nitrogen and oxygen atoms in total. The van der Waals surface area contributed by atoms with Crippen molar-refractivity contribution in [1.82, 2.24) is 0 Å². The maximum atomic E-state index is 11.6. The number of carbonyl (C=O) groups excluding carboxylic acids is 1. The number of rotatable bonds is 31. The third-order valence-electron chi connectivity index (χ3n) is 8.89. The molecule has 0 aliphatic carbocycles. The van der Waals surface area contributed by atoms with Gasteiger partial charge >= 0.3 is 11.9 Å². The zero-order valence-corrected chi connectivity index (χ0v) is 28.3. The molecule has 0 amide bonds. The minimum Gasteiger partial charge on any atom is -0.550 e. The molecule has 0 aromatic heterocycles. The number of aliphatic carboxylic acids is 3. The van der Waals surface area contributed by atoms with Crippen molar-refractivity contribution < 1.29 is 34.2 Å². The van der Waals surface area contributed by atoms with Crippen molar-refractivity contribution in [3.8, 4) is 0 Å². The van der Waals surface area contributed by atoms with E-state index in [4.69, 9.17) is 0 Å². The topological polar surface area (TPSA) is 115 Å². The van der Waals surface area contributed by atoms with Crippen molar-refractivity contribution in [2.75, 3.05) is 26.2 Å². The highest BCUT2D eigenvalue weighted by atomic mass is 16.4. The summed E-state index contributed by atoms with van der Waals surface area (Å²) in [5, 5.41) is 30.5. The molecule has 0 rings (SSSR count). The Kier molecular flexibility index (Phi) is 25.3. The van der Waals surface area contributed by atoms with Crippen molar-refractivity contribution in [2.45, 2.75) is 156 Å². The third kappa shape index (κ3) is 23.2. The normalized spacial score (nSPS) is 15.3. The summed E-state index contributed by atoms with van der Waals surface area (Å²) >= 11 is 0. The molecule has 0 aliphatic rings. The lowest BCUT2D eigenvalue weighted by molar-refractivity contribution is -0.934. The highest BCUT2D eigenvalue weighted by Gasteiger charge is 2.36. The molecular weight excluding hydrogens is 542 g/mol. The predicted molar refractivity (Wildman–Crippen MR) is 175 cm³/mol. The Morgan fingerprint density at radius 3 is 1.23 bits per heavy atom. The summed E-state index contributed by atoms with van der Waals surface area (Å²) in [7, 11) is 0. The van der Waals surface area contributed by atoms with Crippen molar-refractivity contribution in [1.29, 1.82) is 0 Å². The molecule has 0 aromatic carbocycles. The zero-order valence-electron chi connectivity index (χ0n) is 28.3. The average molecular weight is 610 g/mol. The lowest BCUT2D eigenvalue weighted by Crippen LogP contribution is -2.58. The molecule has 0 aliphatic heterocycles. The van der Waals surface area contributed by atoms with E-state index in [0.29, 0.717) is 13.0 Å². The highest BCUT2D eigenvalue weighted by molar-refractivity contribution is 5.70. The van der Waals surface area contributed by atoms with Gasteiger partial charge in [-0.05, 0) is 26.7 Å². The molecule has 0 saturated carbocycles. The van der Waals surface area contributed by atoms with Gasteiger partial charge in [0.15, 0.2) is 0 Å². The minimum absolute atomic E-state index is 0.139. The van der Waals surface area contributed by atoms with Gasteiger partial charge in [0.2, 0.25) is 0 Å². The Morgan fingerprint density at radius 1 is 0.558 bits per heavy atom. The van der Waals surface area contributed by atoms with Gasteiger partial charge in [-0.15, -0.1) is 0 Å². The minimum atomic E-state index is -1.20. The number of carboxylic acid groups (broad SMARTS) is 3. The summed E-state index contributed by atoms with van der Waals surface area (Å²) in [5.74, 6) is -5.34. The van der Waals surface area contributed by atoms with Gasteiger partial charge in [0.1, 0.15) is 11.8 Å². The van der Waals surface area contributed by atoms with Gasteiger partial charge in [0.25, 0.3) is 0 Å². The van der Waals surface area contributed by atoms with Gasteiger partial charge in [-0.3, -0.25) is 9.59 Å².